The Balaban J connectivity index is 2.46. The number of halogens is 5. The van der Waals surface area contributed by atoms with Gasteiger partial charge in [0.2, 0.25) is 0 Å². The summed E-state index contributed by atoms with van der Waals surface area (Å²) in [4.78, 5) is 0.0191. The molecule has 0 radical (unpaired) electrons. The highest BCUT2D eigenvalue weighted by Crippen LogP contribution is 2.44. The minimum absolute atomic E-state index is 0.0191. The Morgan fingerprint density at radius 2 is 1.76 bits per heavy atom. The quantitative estimate of drug-likeness (QED) is 0.404. The van der Waals surface area contributed by atoms with Gasteiger partial charge in [-0.15, -0.1) is 11.3 Å². The predicted octanol–water partition coefficient (Wildman–Crippen LogP) is 7.06. The fourth-order valence-electron chi connectivity index (χ4n) is 1.40. The summed E-state index contributed by atoms with van der Waals surface area (Å²) in [5.41, 5.74) is 2.09. The highest BCUT2D eigenvalue weighted by molar-refractivity contribution is 9.12. The van der Waals surface area contributed by atoms with Crippen LogP contribution in [0.15, 0.2) is 31.8 Å². The van der Waals surface area contributed by atoms with Crippen molar-refractivity contribution in [2.24, 2.45) is 0 Å². The van der Waals surface area contributed by atoms with Crippen molar-refractivity contribution in [3.05, 3.63) is 53.0 Å². The molecule has 1 aromatic carbocycles. The third kappa shape index (κ3) is 3.28. The Bertz CT molecular complexity index is 554. The number of hydrogen-bond donors (Lipinski definition) is 0. The first-order valence-electron chi connectivity index (χ1n) is 4.53. The molecule has 90 valence electrons. The first-order valence-corrected chi connectivity index (χ1v) is 8.60. The predicted molar refractivity (Wildman–Crippen MR) is 87.0 cm³/mol. The summed E-state index contributed by atoms with van der Waals surface area (Å²) in [7, 11) is 0. The van der Waals surface area contributed by atoms with E-state index in [2.05, 4.69) is 53.9 Å². The van der Waals surface area contributed by atoms with Crippen LogP contribution in [0.3, 0.4) is 0 Å². The van der Waals surface area contributed by atoms with Gasteiger partial charge in [-0.1, -0.05) is 39.1 Å². The SMILES string of the molecule is Clc1ccc(Cl)c(C(Br)c2cc(Br)sc2Br)c1. The first-order chi connectivity index (χ1) is 7.99. The molecule has 17 heavy (non-hydrogen) atoms. The van der Waals surface area contributed by atoms with E-state index in [1.807, 2.05) is 12.1 Å². The van der Waals surface area contributed by atoms with Crippen LogP contribution in [0.2, 0.25) is 10.0 Å². The van der Waals surface area contributed by atoms with Gasteiger partial charge >= 0.3 is 0 Å². The molecule has 0 aliphatic rings. The summed E-state index contributed by atoms with van der Waals surface area (Å²) in [6.45, 7) is 0. The Labute approximate surface area is 139 Å². The normalized spacial score (nSPS) is 12.8. The number of benzene rings is 1. The molecular weight excluding hydrogens is 475 g/mol. The van der Waals surface area contributed by atoms with Crippen LogP contribution in [-0.2, 0) is 0 Å². The van der Waals surface area contributed by atoms with E-state index in [1.165, 1.54) is 0 Å². The van der Waals surface area contributed by atoms with Crippen LogP contribution >= 0.6 is 82.3 Å². The highest BCUT2D eigenvalue weighted by atomic mass is 79.9. The number of thiophene rings is 1. The van der Waals surface area contributed by atoms with Gasteiger partial charge in [-0.25, -0.2) is 0 Å². The van der Waals surface area contributed by atoms with Crippen LogP contribution in [0.25, 0.3) is 0 Å². The summed E-state index contributed by atoms with van der Waals surface area (Å²) in [5.74, 6) is 0. The van der Waals surface area contributed by atoms with E-state index in [-0.39, 0.29) is 4.83 Å². The van der Waals surface area contributed by atoms with Crippen LogP contribution in [0.1, 0.15) is 16.0 Å². The second kappa shape index (κ2) is 5.93. The van der Waals surface area contributed by atoms with Crippen LogP contribution in [0.4, 0.5) is 0 Å². The summed E-state index contributed by atoms with van der Waals surface area (Å²) in [6, 6.07) is 7.53. The Hall–Kier alpha value is 0.940. The summed E-state index contributed by atoms with van der Waals surface area (Å²) in [5, 5.41) is 1.38. The fraction of sp³-hybridized carbons (Fsp3) is 0.0909. The zero-order chi connectivity index (χ0) is 12.6. The van der Waals surface area contributed by atoms with Crippen molar-refractivity contribution < 1.29 is 0 Å². The maximum absolute atomic E-state index is 6.19. The molecule has 1 unspecified atom stereocenters. The lowest BCUT2D eigenvalue weighted by atomic mass is 10.1. The lowest BCUT2D eigenvalue weighted by Crippen LogP contribution is -1.92. The second-order valence-corrected chi connectivity index (χ2v) is 8.82. The Kier molecular flexibility index (Phi) is 5.01. The number of alkyl halides is 1. The van der Waals surface area contributed by atoms with Gasteiger partial charge in [0.15, 0.2) is 0 Å². The van der Waals surface area contributed by atoms with E-state index in [0.717, 1.165) is 18.7 Å². The summed E-state index contributed by atoms with van der Waals surface area (Å²) < 4.78 is 2.14. The minimum atomic E-state index is 0.0191. The maximum atomic E-state index is 6.19. The van der Waals surface area contributed by atoms with E-state index < -0.39 is 0 Å². The largest absolute Gasteiger partial charge is 0.121 e. The van der Waals surface area contributed by atoms with E-state index in [4.69, 9.17) is 23.2 Å². The van der Waals surface area contributed by atoms with E-state index in [1.54, 1.807) is 17.4 Å². The fourth-order valence-corrected chi connectivity index (χ4v) is 6.04. The molecule has 2 rings (SSSR count). The van der Waals surface area contributed by atoms with Crippen molar-refractivity contribution in [1.82, 2.24) is 0 Å². The van der Waals surface area contributed by atoms with E-state index in [9.17, 15) is 0 Å². The van der Waals surface area contributed by atoms with E-state index in [0.29, 0.717) is 10.0 Å². The molecule has 0 aliphatic carbocycles. The second-order valence-electron chi connectivity index (χ2n) is 3.31. The molecule has 0 saturated carbocycles. The van der Waals surface area contributed by atoms with Crippen molar-refractivity contribution in [3.63, 3.8) is 0 Å². The molecule has 0 N–H and O–H groups in total. The van der Waals surface area contributed by atoms with E-state index >= 15 is 0 Å². The van der Waals surface area contributed by atoms with Crippen molar-refractivity contribution in [2.45, 2.75) is 4.83 Å². The van der Waals surface area contributed by atoms with Gasteiger partial charge in [0.25, 0.3) is 0 Å². The average Bonchev–Trinajstić information content (AvgIpc) is 2.60. The number of rotatable bonds is 2. The monoisotopic (exact) mass is 476 g/mol. The summed E-state index contributed by atoms with van der Waals surface area (Å²) in [6.07, 6.45) is 0. The molecule has 1 atom stereocenters. The number of hydrogen-bond acceptors (Lipinski definition) is 1. The zero-order valence-electron chi connectivity index (χ0n) is 8.18. The molecule has 2 aromatic rings. The Morgan fingerprint density at radius 1 is 1.06 bits per heavy atom. The van der Waals surface area contributed by atoms with Crippen LogP contribution < -0.4 is 0 Å². The van der Waals surface area contributed by atoms with Gasteiger partial charge in [-0.05, 0) is 67.3 Å². The molecule has 0 fully saturated rings. The van der Waals surface area contributed by atoms with Crippen molar-refractivity contribution in [2.75, 3.05) is 0 Å². The van der Waals surface area contributed by atoms with Crippen LogP contribution in [-0.4, -0.2) is 0 Å². The van der Waals surface area contributed by atoms with Gasteiger partial charge in [0.05, 0.1) is 12.4 Å². The van der Waals surface area contributed by atoms with Gasteiger partial charge in [0.1, 0.15) is 0 Å². The zero-order valence-corrected chi connectivity index (χ0v) is 15.3. The standard InChI is InChI=1S/C11H5Br3Cl2S/c12-9-4-7(11(14)17-9)10(13)6-3-5(15)1-2-8(6)16/h1-4,10H. The highest BCUT2D eigenvalue weighted by Gasteiger charge is 2.19. The average molecular weight is 480 g/mol. The van der Waals surface area contributed by atoms with Crippen molar-refractivity contribution in [1.29, 1.82) is 0 Å². The molecule has 6 heteroatoms. The molecule has 0 bridgehead atoms. The molecule has 0 nitrogen and oxygen atoms in total. The topological polar surface area (TPSA) is 0 Å². The molecular formula is C11H5Br3Cl2S. The molecule has 0 amide bonds. The third-order valence-electron chi connectivity index (χ3n) is 2.19. The lowest BCUT2D eigenvalue weighted by molar-refractivity contribution is 1.18. The van der Waals surface area contributed by atoms with Crippen molar-refractivity contribution >= 4 is 82.3 Å². The molecule has 1 heterocycles. The molecule has 1 aromatic heterocycles. The van der Waals surface area contributed by atoms with Gasteiger partial charge in [-0.2, -0.15) is 0 Å². The Morgan fingerprint density at radius 3 is 2.35 bits per heavy atom. The first kappa shape index (κ1) is 14.4. The van der Waals surface area contributed by atoms with Crippen LogP contribution in [0.5, 0.6) is 0 Å². The third-order valence-corrected chi connectivity index (χ3v) is 6.14. The molecule has 0 aliphatic heterocycles. The maximum Gasteiger partial charge on any atom is 0.0757 e. The van der Waals surface area contributed by atoms with Gasteiger partial charge < -0.3 is 0 Å². The smallest absolute Gasteiger partial charge is 0.0757 e. The minimum Gasteiger partial charge on any atom is -0.121 e. The van der Waals surface area contributed by atoms with Gasteiger partial charge in [0, 0.05) is 10.0 Å². The van der Waals surface area contributed by atoms with Crippen LogP contribution in [0, 0.1) is 0 Å². The molecule has 0 saturated heterocycles. The molecule has 0 spiro atoms. The summed E-state index contributed by atoms with van der Waals surface area (Å²) >= 11 is 24.5. The lowest BCUT2D eigenvalue weighted by Gasteiger charge is -2.11. The van der Waals surface area contributed by atoms with Gasteiger partial charge in [-0.3, -0.25) is 0 Å². The van der Waals surface area contributed by atoms with Crippen molar-refractivity contribution in [3.8, 4) is 0 Å².